The lowest BCUT2D eigenvalue weighted by molar-refractivity contribution is 0.00266. The van der Waals surface area contributed by atoms with Gasteiger partial charge in [0.25, 0.3) is 0 Å². The van der Waals surface area contributed by atoms with Gasteiger partial charge in [0.05, 0.1) is 6.61 Å². The van der Waals surface area contributed by atoms with E-state index in [1.54, 1.807) is 0 Å². The van der Waals surface area contributed by atoms with Crippen LogP contribution in [0.15, 0.2) is 0 Å². The fraction of sp³-hybridized carbons (Fsp3) is 1.00. The highest BCUT2D eigenvalue weighted by Gasteiger charge is 2.39. The van der Waals surface area contributed by atoms with Crippen molar-refractivity contribution in [1.29, 1.82) is 0 Å². The van der Waals surface area contributed by atoms with E-state index in [4.69, 9.17) is 4.74 Å². The standard InChI is InChI=1S/C18H38N2O/c1-8-18(7)14-20(10-12-21-11-9-15(2)3)16(13-19-18)17(4,5)6/h15-16,19H,8-14H2,1-7H3. The van der Waals surface area contributed by atoms with Gasteiger partial charge in [0.15, 0.2) is 0 Å². The molecule has 0 amide bonds. The molecule has 0 aromatic rings. The molecule has 3 nitrogen and oxygen atoms in total. The summed E-state index contributed by atoms with van der Waals surface area (Å²) in [6.45, 7) is 21.2. The number of nitrogens with zero attached hydrogens (tertiary/aromatic N) is 1. The van der Waals surface area contributed by atoms with E-state index in [9.17, 15) is 0 Å². The Morgan fingerprint density at radius 1 is 1.29 bits per heavy atom. The summed E-state index contributed by atoms with van der Waals surface area (Å²) in [6.07, 6.45) is 2.34. The Morgan fingerprint density at radius 2 is 1.95 bits per heavy atom. The van der Waals surface area contributed by atoms with Crippen molar-refractivity contribution in [3.05, 3.63) is 0 Å². The topological polar surface area (TPSA) is 24.5 Å². The molecule has 1 N–H and O–H groups in total. The van der Waals surface area contributed by atoms with Crippen molar-refractivity contribution in [3.8, 4) is 0 Å². The maximum absolute atomic E-state index is 5.85. The molecule has 0 bridgehead atoms. The Labute approximate surface area is 132 Å². The second-order valence-corrected chi connectivity index (χ2v) is 8.44. The van der Waals surface area contributed by atoms with Crippen molar-refractivity contribution >= 4 is 0 Å². The predicted octanol–water partition coefficient (Wildman–Crippen LogP) is 3.54. The zero-order valence-electron chi connectivity index (χ0n) is 15.5. The first kappa shape index (κ1) is 18.9. The van der Waals surface area contributed by atoms with Crippen LogP contribution >= 0.6 is 0 Å². The van der Waals surface area contributed by atoms with Gasteiger partial charge in [-0.3, -0.25) is 4.90 Å². The molecule has 0 radical (unpaired) electrons. The highest BCUT2D eigenvalue weighted by molar-refractivity contribution is 4.98. The largest absolute Gasteiger partial charge is 0.380 e. The zero-order chi connectivity index (χ0) is 16.1. The van der Waals surface area contributed by atoms with Crippen molar-refractivity contribution in [2.45, 2.75) is 72.9 Å². The molecule has 0 aromatic heterocycles. The van der Waals surface area contributed by atoms with Crippen LogP contribution in [0.3, 0.4) is 0 Å². The fourth-order valence-corrected chi connectivity index (χ4v) is 3.02. The lowest BCUT2D eigenvalue weighted by Gasteiger charge is -2.50. The van der Waals surface area contributed by atoms with Crippen LogP contribution in [0, 0.1) is 11.3 Å². The molecule has 1 aliphatic rings. The number of ether oxygens (including phenoxy) is 1. The average Bonchev–Trinajstić information content (AvgIpc) is 2.36. The molecule has 3 heteroatoms. The maximum atomic E-state index is 5.85. The predicted molar refractivity (Wildman–Crippen MR) is 91.8 cm³/mol. The second-order valence-electron chi connectivity index (χ2n) is 8.44. The third kappa shape index (κ3) is 6.25. The van der Waals surface area contributed by atoms with Crippen molar-refractivity contribution in [1.82, 2.24) is 10.2 Å². The van der Waals surface area contributed by atoms with Gasteiger partial charge in [-0.05, 0) is 31.1 Å². The van der Waals surface area contributed by atoms with Crippen LogP contribution in [0.4, 0.5) is 0 Å². The Bertz CT molecular complexity index is 298. The van der Waals surface area contributed by atoms with E-state index in [0.29, 0.717) is 11.5 Å². The van der Waals surface area contributed by atoms with E-state index in [1.165, 1.54) is 6.42 Å². The quantitative estimate of drug-likeness (QED) is 0.728. The first-order valence-corrected chi connectivity index (χ1v) is 8.75. The van der Waals surface area contributed by atoms with Crippen molar-refractivity contribution < 1.29 is 4.74 Å². The molecule has 0 aliphatic carbocycles. The molecule has 0 aromatic carbocycles. The van der Waals surface area contributed by atoms with Gasteiger partial charge in [0.2, 0.25) is 0 Å². The highest BCUT2D eigenvalue weighted by atomic mass is 16.5. The van der Waals surface area contributed by atoms with Crippen LogP contribution < -0.4 is 5.32 Å². The summed E-state index contributed by atoms with van der Waals surface area (Å²) in [4.78, 5) is 2.65. The van der Waals surface area contributed by atoms with Gasteiger partial charge in [-0.2, -0.15) is 0 Å². The number of hydrogen-bond acceptors (Lipinski definition) is 3. The molecular formula is C18H38N2O. The molecule has 1 fully saturated rings. The minimum Gasteiger partial charge on any atom is -0.380 e. The summed E-state index contributed by atoms with van der Waals surface area (Å²) in [7, 11) is 0. The molecule has 1 heterocycles. The summed E-state index contributed by atoms with van der Waals surface area (Å²) < 4.78 is 5.85. The molecule has 2 atom stereocenters. The third-order valence-electron chi connectivity index (χ3n) is 4.86. The smallest absolute Gasteiger partial charge is 0.0593 e. The molecular weight excluding hydrogens is 260 g/mol. The van der Waals surface area contributed by atoms with Gasteiger partial charge < -0.3 is 10.1 Å². The van der Waals surface area contributed by atoms with Gasteiger partial charge in [-0.1, -0.05) is 41.5 Å². The highest BCUT2D eigenvalue weighted by Crippen LogP contribution is 2.29. The van der Waals surface area contributed by atoms with E-state index in [1.807, 2.05) is 0 Å². The van der Waals surface area contributed by atoms with Gasteiger partial charge >= 0.3 is 0 Å². The second kappa shape index (κ2) is 7.94. The van der Waals surface area contributed by atoms with Gasteiger partial charge in [0, 0.05) is 37.8 Å². The molecule has 0 saturated carbocycles. The fourth-order valence-electron chi connectivity index (χ4n) is 3.02. The van der Waals surface area contributed by atoms with Crippen LogP contribution in [0.1, 0.15) is 61.3 Å². The lowest BCUT2D eigenvalue weighted by atomic mass is 9.81. The number of rotatable bonds is 7. The summed E-state index contributed by atoms with van der Waals surface area (Å²) in [5.41, 5.74) is 0.555. The molecule has 126 valence electrons. The Hall–Kier alpha value is -0.120. The normalized spacial score (nSPS) is 28.3. The first-order valence-electron chi connectivity index (χ1n) is 8.75. The summed E-state index contributed by atoms with van der Waals surface area (Å²) in [5.74, 6) is 0.731. The SMILES string of the molecule is CCC1(C)CN(CCOCCC(C)C)C(C(C)(C)C)CN1. The minimum absolute atomic E-state index is 0.250. The van der Waals surface area contributed by atoms with E-state index in [2.05, 4.69) is 58.7 Å². The number of piperazine rings is 1. The number of nitrogens with one attached hydrogen (secondary N) is 1. The summed E-state index contributed by atoms with van der Waals surface area (Å²) in [5, 5.41) is 3.77. The van der Waals surface area contributed by atoms with Crippen LogP contribution in [0.2, 0.25) is 0 Å². The molecule has 1 saturated heterocycles. The van der Waals surface area contributed by atoms with Crippen molar-refractivity contribution in [2.75, 3.05) is 32.8 Å². The molecule has 1 aliphatic heterocycles. The Balaban J connectivity index is 2.51. The van der Waals surface area contributed by atoms with E-state index in [-0.39, 0.29) is 5.54 Å². The monoisotopic (exact) mass is 298 g/mol. The molecule has 21 heavy (non-hydrogen) atoms. The Morgan fingerprint density at radius 3 is 2.48 bits per heavy atom. The van der Waals surface area contributed by atoms with E-state index >= 15 is 0 Å². The molecule has 0 spiro atoms. The van der Waals surface area contributed by atoms with Crippen molar-refractivity contribution in [2.24, 2.45) is 11.3 Å². The average molecular weight is 299 g/mol. The molecule has 2 unspecified atom stereocenters. The zero-order valence-corrected chi connectivity index (χ0v) is 15.5. The minimum atomic E-state index is 0.250. The first-order chi connectivity index (χ1) is 9.68. The molecule has 1 rings (SSSR count). The van der Waals surface area contributed by atoms with Gasteiger partial charge in [-0.15, -0.1) is 0 Å². The van der Waals surface area contributed by atoms with Crippen LogP contribution in [-0.2, 0) is 4.74 Å². The number of hydrogen-bond donors (Lipinski definition) is 1. The van der Waals surface area contributed by atoms with Gasteiger partial charge in [0.1, 0.15) is 0 Å². The van der Waals surface area contributed by atoms with E-state index in [0.717, 1.165) is 45.2 Å². The summed E-state index contributed by atoms with van der Waals surface area (Å²) in [6, 6.07) is 0.589. The third-order valence-corrected chi connectivity index (χ3v) is 4.86. The Kier molecular flexibility index (Phi) is 7.15. The van der Waals surface area contributed by atoms with Crippen LogP contribution in [0.25, 0.3) is 0 Å². The van der Waals surface area contributed by atoms with E-state index < -0.39 is 0 Å². The maximum Gasteiger partial charge on any atom is 0.0593 e. The van der Waals surface area contributed by atoms with Crippen LogP contribution in [0.5, 0.6) is 0 Å². The van der Waals surface area contributed by atoms with Gasteiger partial charge in [-0.25, -0.2) is 0 Å². The van der Waals surface area contributed by atoms with Crippen LogP contribution in [-0.4, -0.2) is 49.3 Å². The summed E-state index contributed by atoms with van der Waals surface area (Å²) >= 11 is 0. The lowest BCUT2D eigenvalue weighted by Crippen LogP contribution is -2.65. The van der Waals surface area contributed by atoms with Crippen molar-refractivity contribution in [3.63, 3.8) is 0 Å².